The third-order valence-corrected chi connectivity index (χ3v) is 5.25. The molecule has 0 aliphatic heterocycles. The maximum absolute atomic E-state index is 12.4. The molecule has 2 N–H and O–H groups in total. The summed E-state index contributed by atoms with van der Waals surface area (Å²) in [5.41, 5.74) is 3.03. The van der Waals surface area contributed by atoms with Crippen molar-refractivity contribution in [1.82, 2.24) is 15.3 Å². The Kier molecular flexibility index (Phi) is 4.63. The van der Waals surface area contributed by atoms with Crippen molar-refractivity contribution in [3.05, 3.63) is 72.3 Å². The van der Waals surface area contributed by atoms with Crippen molar-refractivity contribution in [2.45, 2.75) is 18.1 Å². The number of H-pyrrole nitrogens is 1. The summed E-state index contributed by atoms with van der Waals surface area (Å²) in [5.74, 6) is 0.324. The van der Waals surface area contributed by atoms with E-state index in [1.54, 1.807) is 0 Å². The summed E-state index contributed by atoms with van der Waals surface area (Å²) < 4.78 is 0. The van der Waals surface area contributed by atoms with Crippen molar-refractivity contribution in [3.8, 4) is 0 Å². The van der Waals surface area contributed by atoms with E-state index >= 15 is 0 Å². The van der Waals surface area contributed by atoms with E-state index in [1.165, 1.54) is 22.5 Å². The predicted molar refractivity (Wildman–Crippen MR) is 107 cm³/mol. The van der Waals surface area contributed by atoms with Gasteiger partial charge in [-0.2, -0.15) is 0 Å². The van der Waals surface area contributed by atoms with E-state index in [4.69, 9.17) is 0 Å². The summed E-state index contributed by atoms with van der Waals surface area (Å²) >= 11 is 1.42. The summed E-state index contributed by atoms with van der Waals surface area (Å²) in [6, 6.07) is 22.2. The molecule has 5 heteroatoms. The van der Waals surface area contributed by atoms with E-state index in [0.29, 0.717) is 5.75 Å². The summed E-state index contributed by atoms with van der Waals surface area (Å²) in [6.45, 7) is 2.02. The first-order chi connectivity index (χ1) is 12.7. The van der Waals surface area contributed by atoms with Crippen LogP contribution >= 0.6 is 11.8 Å². The van der Waals surface area contributed by atoms with Crippen LogP contribution in [0.1, 0.15) is 18.5 Å². The second-order valence-corrected chi connectivity index (χ2v) is 7.17. The lowest BCUT2D eigenvalue weighted by Gasteiger charge is -2.16. The van der Waals surface area contributed by atoms with Crippen LogP contribution in [0.2, 0.25) is 0 Å². The van der Waals surface area contributed by atoms with Gasteiger partial charge in [-0.15, -0.1) is 0 Å². The topological polar surface area (TPSA) is 57.8 Å². The number of aromatic nitrogens is 2. The van der Waals surface area contributed by atoms with E-state index in [-0.39, 0.29) is 11.9 Å². The van der Waals surface area contributed by atoms with Crippen LogP contribution in [0.15, 0.2) is 71.9 Å². The maximum Gasteiger partial charge on any atom is 0.230 e. The Hall–Kier alpha value is -2.79. The van der Waals surface area contributed by atoms with Gasteiger partial charge in [0.25, 0.3) is 0 Å². The van der Waals surface area contributed by atoms with Gasteiger partial charge in [-0.25, -0.2) is 4.98 Å². The van der Waals surface area contributed by atoms with Crippen molar-refractivity contribution in [2.24, 2.45) is 0 Å². The molecule has 4 nitrogen and oxygen atoms in total. The van der Waals surface area contributed by atoms with Gasteiger partial charge in [0.05, 0.1) is 22.8 Å². The smallest absolute Gasteiger partial charge is 0.230 e. The van der Waals surface area contributed by atoms with Crippen LogP contribution in [0.5, 0.6) is 0 Å². The van der Waals surface area contributed by atoms with Gasteiger partial charge in [-0.05, 0) is 35.4 Å². The van der Waals surface area contributed by atoms with Gasteiger partial charge in [-0.1, -0.05) is 66.4 Å². The van der Waals surface area contributed by atoms with Crippen molar-refractivity contribution in [2.75, 3.05) is 5.75 Å². The number of amides is 1. The van der Waals surface area contributed by atoms with Crippen molar-refractivity contribution in [1.29, 1.82) is 0 Å². The number of nitrogens with zero attached hydrogens (tertiary/aromatic N) is 1. The predicted octanol–water partition coefficient (Wildman–Crippen LogP) is 4.69. The molecule has 1 amide bonds. The molecule has 0 fully saturated rings. The molecule has 0 saturated heterocycles. The highest BCUT2D eigenvalue weighted by Crippen LogP contribution is 2.24. The highest BCUT2D eigenvalue weighted by atomic mass is 32.2. The Labute approximate surface area is 156 Å². The molecule has 1 heterocycles. The number of fused-ring (bicyclic) bond motifs is 2. The van der Waals surface area contributed by atoms with E-state index in [9.17, 15) is 4.79 Å². The second-order valence-electron chi connectivity index (χ2n) is 6.21. The largest absolute Gasteiger partial charge is 0.349 e. The number of benzene rings is 3. The van der Waals surface area contributed by atoms with Crippen LogP contribution in [-0.2, 0) is 4.79 Å². The Morgan fingerprint density at radius 3 is 2.73 bits per heavy atom. The lowest BCUT2D eigenvalue weighted by Crippen LogP contribution is -2.28. The molecule has 3 aromatic carbocycles. The SMILES string of the molecule is CC(NC(=O)CSc1nc2ccccc2[nH]1)c1cccc2ccccc12. The normalized spacial score (nSPS) is 12.3. The molecule has 0 radical (unpaired) electrons. The molecule has 0 spiro atoms. The third kappa shape index (κ3) is 3.44. The van der Waals surface area contributed by atoms with E-state index in [1.807, 2.05) is 49.4 Å². The van der Waals surface area contributed by atoms with Gasteiger partial charge < -0.3 is 10.3 Å². The number of carbonyl (C=O) groups excluding carboxylic acids is 1. The van der Waals surface area contributed by atoms with Crippen molar-refractivity contribution in [3.63, 3.8) is 0 Å². The number of para-hydroxylation sites is 2. The molecule has 0 aliphatic carbocycles. The van der Waals surface area contributed by atoms with Crippen molar-refractivity contribution < 1.29 is 4.79 Å². The molecular formula is C21H19N3OS. The molecule has 4 aromatic rings. The van der Waals surface area contributed by atoms with Crippen LogP contribution in [-0.4, -0.2) is 21.6 Å². The van der Waals surface area contributed by atoms with Crippen LogP contribution in [0.4, 0.5) is 0 Å². The number of nitrogens with one attached hydrogen (secondary N) is 2. The lowest BCUT2D eigenvalue weighted by atomic mass is 10.00. The monoisotopic (exact) mass is 361 g/mol. The molecule has 0 aliphatic rings. The standard InChI is InChI=1S/C21H19N3OS/c1-14(16-10-6-8-15-7-2-3-9-17(15)16)22-20(25)13-26-21-23-18-11-4-5-12-19(18)24-21/h2-12,14H,13H2,1H3,(H,22,25)(H,23,24). The van der Waals surface area contributed by atoms with E-state index in [2.05, 4.69) is 39.6 Å². The highest BCUT2D eigenvalue weighted by Gasteiger charge is 2.13. The first-order valence-corrected chi connectivity index (χ1v) is 9.54. The zero-order chi connectivity index (χ0) is 17.9. The molecule has 26 heavy (non-hydrogen) atoms. The number of carbonyl (C=O) groups is 1. The molecule has 0 saturated carbocycles. The summed E-state index contributed by atoms with van der Waals surface area (Å²) in [7, 11) is 0. The molecule has 1 aromatic heterocycles. The Bertz CT molecular complexity index is 1030. The first kappa shape index (κ1) is 16.7. The van der Waals surface area contributed by atoms with E-state index < -0.39 is 0 Å². The van der Waals surface area contributed by atoms with Crippen molar-refractivity contribution >= 4 is 39.5 Å². The number of aromatic amines is 1. The van der Waals surface area contributed by atoms with Crippen LogP contribution < -0.4 is 5.32 Å². The number of imidazole rings is 1. The molecule has 4 rings (SSSR count). The minimum atomic E-state index is -0.0510. The average molecular weight is 361 g/mol. The molecule has 1 unspecified atom stereocenters. The average Bonchev–Trinajstić information content (AvgIpc) is 3.09. The van der Waals surface area contributed by atoms with Gasteiger partial charge >= 0.3 is 0 Å². The lowest BCUT2D eigenvalue weighted by molar-refractivity contribution is -0.119. The van der Waals surface area contributed by atoms with Gasteiger partial charge in [0.2, 0.25) is 5.91 Å². The Balaban J connectivity index is 1.42. The second kappa shape index (κ2) is 7.22. The molecule has 130 valence electrons. The number of hydrogen-bond donors (Lipinski definition) is 2. The third-order valence-electron chi connectivity index (χ3n) is 4.37. The van der Waals surface area contributed by atoms with Gasteiger partial charge in [0.15, 0.2) is 5.16 Å². The van der Waals surface area contributed by atoms with Crippen LogP contribution in [0, 0.1) is 0 Å². The summed E-state index contributed by atoms with van der Waals surface area (Å²) in [6.07, 6.45) is 0. The number of hydrogen-bond acceptors (Lipinski definition) is 3. The number of thioether (sulfide) groups is 1. The van der Waals surface area contributed by atoms with E-state index in [0.717, 1.165) is 21.8 Å². The van der Waals surface area contributed by atoms with Gasteiger partial charge in [0, 0.05) is 0 Å². The quantitative estimate of drug-likeness (QED) is 0.507. The molecule has 0 bridgehead atoms. The first-order valence-electron chi connectivity index (χ1n) is 8.55. The minimum absolute atomic E-state index is 0.00381. The van der Waals surface area contributed by atoms with Gasteiger partial charge in [0.1, 0.15) is 0 Å². The fourth-order valence-electron chi connectivity index (χ4n) is 3.12. The van der Waals surface area contributed by atoms with Gasteiger partial charge in [-0.3, -0.25) is 4.79 Å². The minimum Gasteiger partial charge on any atom is -0.349 e. The molecular weight excluding hydrogens is 342 g/mol. The summed E-state index contributed by atoms with van der Waals surface area (Å²) in [4.78, 5) is 20.1. The Morgan fingerprint density at radius 1 is 1.08 bits per heavy atom. The highest BCUT2D eigenvalue weighted by molar-refractivity contribution is 7.99. The van der Waals surface area contributed by atoms with Crippen LogP contribution in [0.25, 0.3) is 21.8 Å². The zero-order valence-electron chi connectivity index (χ0n) is 14.4. The fourth-order valence-corrected chi connectivity index (χ4v) is 3.82. The maximum atomic E-state index is 12.4. The fraction of sp³-hybridized carbons (Fsp3) is 0.143. The molecule has 1 atom stereocenters. The Morgan fingerprint density at radius 2 is 1.85 bits per heavy atom. The summed E-state index contributed by atoms with van der Waals surface area (Å²) in [5, 5.41) is 6.21. The zero-order valence-corrected chi connectivity index (χ0v) is 15.2. The van der Waals surface area contributed by atoms with Crippen LogP contribution in [0.3, 0.4) is 0 Å². The number of rotatable bonds is 5.